The number of ether oxygens (including phenoxy) is 1. The molecular weight excluding hydrogens is 430 g/mol. The van der Waals surface area contributed by atoms with Gasteiger partial charge in [0.2, 0.25) is 29.0 Å². The van der Waals surface area contributed by atoms with Gasteiger partial charge in [-0.1, -0.05) is 84.9 Å². The molecule has 0 N–H and O–H groups in total. The number of imide groups is 1. The van der Waals surface area contributed by atoms with E-state index in [1.54, 1.807) is 48.5 Å². The highest BCUT2D eigenvalue weighted by Gasteiger charge is 2.74. The van der Waals surface area contributed by atoms with Gasteiger partial charge in [0, 0.05) is 17.7 Å². The Bertz CT molecular complexity index is 1300. The Morgan fingerprint density at radius 2 is 1.26 bits per heavy atom. The lowest BCUT2D eigenvalue weighted by Crippen LogP contribution is -2.51. The molecule has 0 radical (unpaired) electrons. The second-order valence-electron chi connectivity index (χ2n) is 8.96. The van der Waals surface area contributed by atoms with Crippen LogP contribution in [0, 0.1) is 11.8 Å². The molecule has 2 amide bonds. The summed E-state index contributed by atoms with van der Waals surface area (Å²) in [4.78, 5) is 55.9. The SMILES string of the molecule is O=C1[C@H]2[C@H](c3ccccc3)OC3(C(=O)c4ccccc4C3=O)[C@H]2C(=O)N1CCc1ccccc1. The Kier molecular flexibility index (Phi) is 4.61. The Morgan fingerprint density at radius 3 is 1.88 bits per heavy atom. The minimum Gasteiger partial charge on any atom is -0.349 e. The molecular formula is C28H21NO5. The van der Waals surface area contributed by atoms with E-state index in [2.05, 4.69) is 0 Å². The van der Waals surface area contributed by atoms with Gasteiger partial charge in [-0.15, -0.1) is 0 Å². The van der Waals surface area contributed by atoms with Crippen molar-refractivity contribution in [3.05, 3.63) is 107 Å². The van der Waals surface area contributed by atoms with Gasteiger partial charge < -0.3 is 4.74 Å². The predicted octanol–water partition coefficient (Wildman–Crippen LogP) is 3.42. The fourth-order valence-corrected chi connectivity index (χ4v) is 5.63. The topological polar surface area (TPSA) is 80.8 Å². The number of carbonyl (C=O) groups is 4. The minimum atomic E-state index is -2.01. The average Bonchev–Trinajstić information content (AvgIpc) is 3.44. The first kappa shape index (κ1) is 20.7. The summed E-state index contributed by atoms with van der Waals surface area (Å²) in [6, 6.07) is 25.1. The van der Waals surface area contributed by atoms with Crippen molar-refractivity contribution in [2.24, 2.45) is 11.8 Å². The summed E-state index contributed by atoms with van der Waals surface area (Å²) in [5.41, 5.74) is 0.123. The number of hydrogen-bond donors (Lipinski definition) is 0. The summed E-state index contributed by atoms with van der Waals surface area (Å²) < 4.78 is 6.25. The third kappa shape index (κ3) is 2.72. The molecule has 6 nitrogen and oxygen atoms in total. The van der Waals surface area contributed by atoms with Gasteiger partial charge in [0.05, 0.1) is 17.9 Å². The average molecular weight is 451 g/mol. The van der Waals surface area contributed by atoms with Crippen LogP contribution >= 0.6 is 0 Å². The van der Waals surface area contributed by atoms with E-state index in [9.17, 15) is 19.2 Å². The normalized spacial score (nSPS) is 24.7. The van der Waals surface area contributed by atoms with Crippen molar-refractivity contribution in [2.75, 3.05) is 6.54 Å². The molecule has 3 atom stereocenters. The molecule has 2 fully saturated rings. The Hall–Kier alpha value is -3.90. The molecule has 1 aliphatic carbocycles. The fourth-order valence-electron chi connectivity index (χ4n) is 5.63. The van der Waals surface area contributed by atoms with Crippen LogP contribution in [0.15, 0.2) is 84.9 Å². The van der Waals surface area contributed by atoms with Gasteiger partial charge in [-0.2, -0.15) is 0 Å². The van der Waals surface area contributed by atoms with Crippen molar-refractivity contribution in [1.29, 1.82) is 0 Å². The van der Waals surface area contributed by atoms with E-state index in [4.69, 9.17) is 4.74 Å². The molecule has 0 saturated carbocycles. The van der Waals surface area contributed by atoms with Crippen LogP contribution in [0.1, 0.15) is 37.9 Å². The second kappa shape index (κ2) is 7.57. The molecule has 6 rings (SSSR count). The quantitative estimate of drug-likeness (QED) is 0.449. The number of fused-ring (bicyclic) bond motifs is 3. The number of hydrogen-bond acceptors (Lipinski definition) is 5. The number of ketones is 2. The first-order chi connectivity index (χ1) is 16.5. The van der Waals surface area contributed by atoms with Crippen LogP contribution in [0.5, 0.6) is 0 Å². The van der Waals surface area contributed by atoms with Crippen molar-refractivity contribution in [1.82, 2.24) is 4.90 Å². The molecule has 2 aliphatic heterocycles. The number of rotatable bonds is 4. The lowest BCUT2D eigenvalue weighted by molar-refractivity contribution is -0.144. The standard InChI is InChI=1S/C28H21NO5/c30-24-19-13-7-8-14-20(19)25(31)28(24)22-21(23(34-28)18-11-5-2-6-12-18)26(32)29(27(22)33)16-15-17-9-3-1-4-10-17/h1-14,21-23H,15-16H2/t21-,22-,23+/m1/s1. The zero-order valence-corrected chi connectivity index (χ0v) is 18.2. The van der Waals surface area contributed by atoms with Crippen molar-refractivity contribution in [2.45, 2.75) is 18.1 Å². The van der Waals surface area contributed by atoms with Crippen LogP contribution in [-0.2, 0) is 20.7 Å². The summed E-state index contributed by atoms with van der Waals surface area (Å²) in [6.07, 6.45) is -0.379. The van der Waals surface area contributed by atoms with Crippen molar-refractivity contribution in [3.63, 3.8) is 0 Å². The van der Waals surface area contributed by atoms with E-state index in [1.165, 1.54) is 4.90 Å². The highest BCUT2D eigenvalue weighted by Crippen LogP contribution is 2.57. The number of benzene rings is 3. The molecule has 0 aromatic heterocycles. The van der Waals surface area contributed by atoms with Gasteiger partial charge >= 0.3 is 0 Å². The molecule has 2 heterocycles. The molecule has 168 valence electrons. The number of Topliss-reactive ketones (excluding diaryl/α,β-unsaturated/α-hetero) is 2. The van der Waals surface area contributed by atoms with E-state index < -0.39 is 46.9 Å². The van der Waals surface area contributed by atoms with Gasteiger partial charge in [0.15, 0.2) is 0 Å². The smallest absolute Gasteiger partial charge is 0.237 e. The molecule has 0 bridgehead atoms. The molecule has 3 aromatic carbocycles. The van der Waals surface area contributed by atoms with Crippen LogP contribution < -0.4 is 0 Å². The zero-order valence-electron chi connectivity index (χ0n) is 18.2. The van der Waals surface area contributed by atoms with E-state index in [-0.39, 0.29) is 17.7 Å². The van der Waals surface area contributed by atoms with E-state index in [1.807, 2.05) is 36.4 Å². The van der Waals surface area contributed by atoms with Gasteiger partial charge in [0.25, 0.3) is 0 Å². The summed E-state index contributed by atoms with van der Waals surface area (Å²) in [5, 5.41) is 0. The first-order valence-corrected chi connectivity index (χ1v) is 11.3. The van der Waals surface area contributed by atoms with Crippen LogP contribution in [0.25, 0.3) is 0 Å². The molecule has 2 saturated heterocycles. The van der Waals surface area contributed by atoms with Gasteiger partial charge in [-0.05, 0) is 17.5 Å². The summed E-state index contributed by atoms with van der Waals surface area (Å²) in [7, 11) is 0. The van der Waals surface area contributed by atoms with Crippen molar-refractivity contribution in [3.8, 4) is 0 Å². The van der Waals surface area contributed by atoms with E-state index in [0.717, 1.165) is 5.56 Å². The maximum absolute atomic E-state index is 13.7. The van der Waals surface area contributed by atoms with E-state index in [0.29, 0.717) is 12.0 Å². The number of likely N-dealkylation sites (tertiary alicyclic amines) is 1. The lowest BCUT2D eigenvalue weighted by Gasteiger charge is -2.27. The number of carbonyl (C=O) groups excluding carboxylic acids is 4. The lowest BCUT2D eigenvalue weighted by atomic mass is 9.77. The third-order valence-corrected chi connectivity index (χ3v) is 7.21. The third-order valence-electron chi connectivity index (χ3n) is 7.21. The Labute approximate surface area is 196 Å². The highest BCUT2D eigenvalue weighted by molar-refractivity contribution is 6.35. The van der Waals surface area contributed by atoms with Crippen LogP contribution in [0.2, 0.25) is 0 Å². The Morgan fingerprint density at radius 1 is 0.706 bits per heavy atom. The van der Waals surface area contributed by atoms with Crippen molar-refractivity contribution >= 4 is 23.4 Å². The zero-order chi connectivity index (χ0) is 23.4. The maximum Gasteiger partial charge on any atom is 0.237 e. The van der Waals surface area contributed by atoms with Crippen molar-refractivity contribution < 1.29 is 23.9 Å². The molecule has 1 spiro atoms. The summed E-state index contributed by atoms with van der Waals surface area (Å²) in [5.74, 6) is -4.10. The highest BCUT2D eigenvalue weighted by atomic mass is 16.5. The minimum absolute atomic E-state index is 0.182. The summed E-state index contributed by atoms with van der Waals surface area (Å²) in [6.45, 7) is 0.182. The Balaban J connectivity index is 1.43. The van der Waals surface area contributed by atoms with E-state index >= 15 is 0 Å². The fraction of sp³-hybridized carbons (Fsp3) is 0.214. The number of nitrogens with zero attached hydrogens (tertiary/aromatic N) is 1. The van der Waals surface area contributed by atoms with Gasteiger partial charge in [0.1, 0.15) is 0 Å². The molecule has 34 heavy (non-hydrogen) atoms. The number of amides is 2. The molecule has 3 aliphatic rings. The van der Waals surface area contributed by atoms with Crippen LogP contribution in [-0.4, -0.2) is 40.4 Å². The molecule has 0 unspecified atom stereocenters. The monoisotopic (exact) mass is 451 g/mol. The second-order valence-corrected chi connectivity index (χ2v) is 8.96. The largest absolute Gasteiger partial charge is 0.349 e. The molecule has 6 heteroatoms. The first-order valence-electron chi connectivity index (χ1n) is 11.3. The van der Waals surface area contributed by atoms with Crippen LogP contribution in [0.4, 0.5) is 0 Å². The molecule has 3 aromatic rings. The van der Waals surface area contributed by atoms with Crippen LogP contribution in [0.3, 0.4) is 0 Å². The predicted molar refractivity (Wildman–Crippen MR) is 122 cm³/mol. The maximum atomic E-state index is 13.7. The van der Waals surface area contributed by atoms with Gasteiger partial charge in [-0.25, -0.2) is 0 Å². The van der Waals surface area contributed by atoms with Gasteiger partial charge in [-0.3, -0.25) is 24.1 Å². The summed E-state index contributed by atoms with van der Waals surface area (Å²) >= 11 is 0.